The summed E-state index contributed by atoms with van der Waals surface area (Å²) in [6, 6.07) is 12.3. The van der Waals surface area contributed by atoms with Crippen LogP contribution in [0.15, 0.2) is 54.1 Å². The number of halogens is 1. The molecule has 1 atom stereocenters. The van der Waals surface area contributed by atoms with Gasteiger partial charge in [-0.2, -0.15) is 0 Å². The van der Waals surface area contributed by atoms with Gasteiger partial charge in [-0.1, -0.05) is 38.1 Å². The second kappa shape index (κ2) is 8.79. The maximum atomic E-state index is 13.3. The standard InChI is InChI=1S/C24H27FN2O3/c1-15(2)16-5-7-17(8-6-16)21-20(22(28)18-9-11-19(25)12-10-18)23(29)24(30)27(21)14-13-26(3)4/h5-12,15,21,28H,13-14H2,1-4H3/b22-20+/t21-/m1/s1. The molecule has 1 N–H and O–H groups in total. The Bertz CT molecular complexity index is 963. The predicted octanol–water partition coefficient (Wildman–Crippen LogP) is 3.93. The number of aliphatic hydroxyl groups is 1. The third-order valence-corrected chi connectivity index (χ3v) is 5.36. The molecule has 2 aromatic rings. The molecular formula is C24H27FN2O3. The van der Waals surface area contributed by atoms with Gasteiger partial charge >= 0.3 is 0 Å². The number of likely N-dealkylation sites (N-methyl/N-ethyl adjacent to an activating group) is 1. The van der Waals surface area contributed by atoms with Crippen molar-refractivity contribution < 1.29 is 19.1 Å². The topological polar surface area (TPSA) is 60.9 Å². The van der Waals surface area contributed by atoms with E-state index in [4.69, 9.17) is 0 Å². The minimum Gasteiger partial charge on any atom is -0.507 e. The van der Waals surface area contributed by atoms with Crippen molar-refractivity contribution in [1.29, 1.82) is 0 Å². The van der Waals surface area contributed by atoms with Gasteiger partial charge in [0, 0.05) is 18.7 Å². The summed E-state index contributed by atoms with van der Waals surface area (Å²) in [4.78, 5) is 29.2. The molecule has 3 rings (SSSR count). The highest BCUT2D eigenvalue weighted by atomic mass is 19.1. The van der Waals surface area contributed by atoms with Crippen LogP contribution in [0.1, 0.15) is 42.5 Å². The fourth-order valence-electron chi connectivity index (χ4n) is 3.59. The molecule has 1 aliphatic rings. The molecule has 1 amide bonds. The molecule has 0 aliphatic carbocycles. The zero-order chi connectivity index (χ0) is 22.0. The van der Waals surface area contributed by atoms with Gasteiger partial charge in [-0.05, 0) is 55.4 Å². The van der Waals surface area contributed by atoms with Crippen LogP contribution in [0.25, 0.3) is 5.76 Å². The molecular weight excluding hydrogens is 383 g/mol. The average molecular weight is 410 g/mol. The van der Waals surface area contributed by atoms with Crippen molar-refractivity contribution in [3.8, 4) is 0 Å². The summed E-state index contributed by atoms with van der Waals surface area (Å²) < 4.78 is 13.3. The van der Waals surface area contributed by atoms with Gasteiger partial charge in [-0.15, -0.1) is 0 Å². The number of amides is 1. The lowest BCUT2D eigenvalue weighted by atomic mass is 9.93. The maximum Gasteiger partial charge on any atom is 0.295 e. The highest BCUT2D eigenvalue weighted by Crippen LogP contribution is 2.39. The average Bonchev–Trinajstić information content (AvgIpc) is 2.97. The summed E-state index contributed by atoms with van der Waals surface area (Å²) in [5.74, 6) is -1.76. The van der Waals surface area contributed by atoms with Gasteiger partial charge in [-0.3, -0.25) is 9.59 Å². The quantitative estimate of drug-likeness (QED) is 0.445. The van der Waals surface area contributed by atoms with E-state index < -0.39 is 23.5 Å². The zero-order valence-corrected chi connectivity index (χ0v) is 17.7. The van der Waals surface area contributed by atoms with Gasteiger partial charge < -0.3 is 14.9 Å². The Morgan fingerprint density at radius 3 is 2.20 bits per heavy atom. The Kier molecular flexibility index (Phi) is 6.37. The third kappa shape index (κ3) is 4.28. The molecule has 0 unspecified atom stereocenters. The highest BCUT2D eigenvalue weighted by Gasteiger charge is 2.45. The number of Topliss-reactive ketones (excluding diaryl/α,β-unsaturated/α-hetero) is 1. The van der Waals surface area contributed by atoms with E-state index in [2.05, 4.69) is 13.8 Å². The molecule has 0 saturated carbocycles. The molecule has 0 bridgehead atoms. The van der Waals surface area contributed by atoms with Crippen molar-refractivity contribution in [2.45, 2.75) is 25.8 Å². The Morgan fingerprint density at radius 1 is 1.07 bits per heavy atom. The monoisotopic (exact) mass is 410 g/mol. The third-order valence-electron chi connectivity index (χ3n) is 5.36. The molecule has 1 saturated heterocycles. The number of nitrogens with zero attached hydrogens (tertiary/aromatic N) is 2. The number of hydrogen-bond acceptors (Lipinski definition) is 4. The van der Waals surface area contributed by atoms with E-state index in [-0.39, 0.29) is 11.3 Å². The SMILES string of the molecule is CC(C)c1ccc([C@@H]2/C(=C(\O)c3ccc(F)cc3)C(=O)C(=O)N2CCN(C)C)cc1. The first-order valence-electron chi connectivity index (χ1n) is 9.99. The number of ketones is 1. The van der Waals surface area contributed by atoms with Crippen molar-refractivity contribution in [3.63, 3.8) is 0 Å². The number of aliphatic hydroxyl groups excluding tert-OH is 1. The van der Waals surface area contributed by atoms with Crippen molar-refractivity contribution in [2.24, 2.45) is 0 Å². The number of hydrogen-bond donors (Lipinski definition) is 1. The van der Waals surface area contributed by atoms with Crippen molar-refractivity contribution in [3.05, 3.63) is 76.6 Å². The number of rotatable bonds is 6. The predicted molar refractivity (Wildman–Crippen MR) is 114 cm³/mol. The number of benzene rings is 2. The van der Waals surface area contributed by atoms with Crippen LogP contribution < -0.4 is 0 Å². The maximum absolute atomic E-state index is 13.3. The fourth-order valence-corrected chi connectivity index (χ4v) is 3.59. The van der Waals surface area contributed by atoms with Crippen molar-refractivity contribution in [1.82, 2.24) is 9.80 Å². The van der Waals surface area contributed by atoms with Gasteiger partial charge in [0.15, 0.2) is 0 Å². The summed E-state index contributed by atoms with van der Waals surface area (Å²) in [6.45, 7) is 5.10. The van der Waals surface area contributed by atoms with Gasteiger partial charge in [-0.25, -0.2) is 4.39 Å². The van der Waals surface area contributed by atoms with Crippen LogP contribution in [0.4, 0.5) is 4.39 Å². The largest absolute Gasteiger partial charge is 0.507 e. The first kappa shape index (κ1) is 21.7. The van der Waals surface area contributed by atoms with Crippen molar-refractivity contribution in [2.75, 3.05) is 27.2 Å². The van der Waals surface area contributed by atoms with Gasteiger partial charge in [0.1, 0.15) is 11.6 Å². The molecule has 0 spiro atoms. The first-order valence-corrected chi connectivity index (χ1v) is 9.99. The molecule has 0 aromatic heterocycles. The molecule has 6 heteroatoms. The molecule has 2 aromatic carbocycles. The van der Waals surface area contributed by atoms with Crippen LogP contribution >= 0.6 is 0 Å². The van der Waals surface area contributed by atoms with Crippen molar-refractivity contribution >= 4 is 17.4 Å². The number of carbonyl (C=O) groups excluding carboxylic acids is 2. The van der Waals surface area contributed by atoms with E-state index in [9.17, 15) is 19.1 Å². The molecule has 1 fully saturated rings. The second-order valence-corrected chi connectivity index (χ2v) is 8.12. The van der Waals surface area contributed by atoms with Crippen LogP contribution in [0, 0.1) is 5.82 Å². The molecule has 1 heterocycles. The van der Waals surface area contributed by atoms with E-state index in [0.29, 0.717) is 24.6 Å². The molecule has 0 radical (unpaired) electrons. The lowest BCUT2D eigenvalue weighted by Gasteiger charge is -2.27. The fraction of sp³-hybridized carbons (Fsp3) is 0.333. The van der Waals surface area contributed by atoms with Gasteiger partial charge in [0.2, 0.25) is 0 Å². The second-order valence-electron chi connectivity index (χ2n) is 8.12. The molecule has 30 heavy (non-hydrogen) atoms. The highest BCUT2D eigenvalue weighted by molar-refractivity contribution is 6.46. The summed E-state index contributed by atoms with van der Waals surface area (Å²) in [5.41, 5.74) is 2.22. The molecule has 5 nitrogen and oxygen atoms in total. The lowest BCUT2D eigenvalue weighted by molar-refractivity contribution is -0.140. The van der Waals surface area contributed by atoms with Crippen LogP contribution in [0.2, 0.25) is 0 Å². The Hall–Kier alpha value is -2.99. The van der Waals surface area contributed by atoms with Crippen LogP contribution in [0.5, 0.6) is 0 Å². The van der Waals surface area contributed by atoms with Gasteiger partial charge in [0.25, 0.3) is 11.7 Å². The van der Waals surface area contributed by atoms with Gasteiger partial charge in [0.05, 0.1) is 11.6 Å². The van der Waals surface area contributed by atoms with E-state index in [1.54, 1.807) is 0 Å². The first-order chi connectivity index (χ1) is 14.2. The van der Waals surface area contributed by atoms with Crippen LogP contribution in [0.3, 0.4) is 0 Å². The number of carbonyl (C=O) groups is 2. The summed E-state index contributed by atoms with van der Waals surface area (Å²) >= 11 is 0. The minimum absolute atomic E-state index is 0.0302. The van der Waals surface area contributed by atoms with E-state index in [1.807, 2.05) is 43.3 Å². The summed E-state index contributed by atoms with van der Waals surface area (Å²) in [6.07, 6.45) is 0. The molecule has 1 aliphatic heterocycles. The minimum atomic E-state index is -0.728. The van der Waals surface area contributed by atoms with Crippen LogP contribution in [-0.2, 0) is 9.59 Å². The molecule has 158 valence electrons. The Labute approximate surface area is 176 Å². The lowest BCUT2D eigenvalue weighted by Crippen LogP contribution is -2.35. The number of likely N-dealkylation sites (tertiary alicyclic amines) is 1. The smallest absolute Gasteiger partial charge is 0.295 e. The van der Waals surface area contributed by atoms with E-state index in [0.717, 1.165) is 11.1 Å². The zero-order valence-electron chi connectivity index (χ0n) is 17.7. The Balaban J connectivity index is 2.12. The summed E-state index contributed by atoms with van der Waals surface area (Å²) in [5, 5.41) is 10.9. The van der Waals surface area contributed by atoms with Crippen LogP contribution in [-0.4, -0.2) is 53.8 Å². The van der Waals surface area contributed by atoms with E-state index in [1.165, 1.54) is 29.2 Å². The Morgan fingerprint density at radius 2 is 1.67 bits per heavy atom. The normalized spacial score (nSPS) is 18.6. The van der Waals surface area contributed by atoms with E-state index >= 15 is 0 Å². The summed E-state index contributed by atoms with van der Waals surface area (Å²) in [7, 11) is 3.78.